The zero-order valence-electron chi connectivity index (χ0n) is 12.6. The van der Waals surface area contributed by atoms with Crippen LogP contribution in [-0.4, -0.2) is 5.91 Å². The summed E-state index contributed by atoms with van der Waals surface area (Å²) in [6.45, 7) is 5.63. The van der Waals surface area contributed by atoms with Crippen molar-refractivity contribution in [1.82, 2.24) is 10.9 Å². The Morgan fingerprint density at radius 2 is 1.90 bits per heavy atom. The molecule has 0 aliphatic rings. The average molecular weight is 284 g/mol. The fourth-order valence-electron chi connectivity index (χ4n) is 2.04. The topological polar surface area (TPSA) is 54.3 Å². The van der Waals surface area contributed by atoms with Crippen molar-refractivity contribution in [2.24, 2.45) is 0 Å². The molecule has 1 aromatic heterocycles. The predicted octanol–water partition coefficient (Wildman–Crippen LogP) is 3.58. The summed E-state index contributed by atoms with van der Waals surface area (Å²) in [4.78, 5) is 12.1. The van der Waals surface area contributed by atoms with Crippen LogP contribution in [-0.2, 0) is 0 Å². The molecule has 0 spiro atoms. The number of rotatable bonds is 5. The number of amides is 1. The van der Waals surface area contributed by atoms with Gasteiger partial charge in [-0.05, 0) is 38.0 Å². The number of carbonyl (C=O) groups is 1. The number of aryl methyl sites for hydroxylation is 2. The second kappa shape index (κ2) is 6.79. The molecule has 2 rings (SSSR count). The van der Waals surface area contributed by atoms with Gasteiger partial charge in [-0.25, -0.2) is 0 Å². The van der Waals surface area contributed by atoms with E-state index in [2.05, 4.69) is 10.9 Å². The number of carbonyl (C=O) groups excluding carboxylic acids is 1. The standard InChI is InChI=1S/C17H20N2O2/c1-4-15(11-14-8-6-5-7-9-14)18-19-17(20)16-10-12(2)21-13(16)3/h5-11,18H,4H2,1-3H3,(H,19,20)/b15-11+. The van der Waals surface area contributed by atoms with Gasteiger partial charge in [0.05, 0.1) is 5.56 Å². The molecule has 1 heterocycles. The molecule has 0 atom stereocenters. The maximum Gasteiger partial charge on any atom is 0.273 e. The quantitative estimate of drug-likeness (QED) is 0.825. The van der Waals surface area contributed by atoms with Crippen molar-refractivity contribution in [3.05, 3.63) is 64.7 Å². The van der Waals surface area contributed by atoms with Crippen LogP contribution < -0.4 is 10.9 Å². The number of furan rings is 1. The van der Waals surface area contributed by atoms with Gasteiger partial charge in [-0.1, -0.05) is 37.3 Å². The molecule has 2 N–H and O–H groups in total. The largest absolute Gasteiger partial charge is 0.466 e. The van der Waals surface area contributed by atoms with E-state index >= 15 is 0 Å². The minimum absolute atomic E-state index is 0.197. The summed E-state index contributed by atoms with van der Waals surface area (Å²) in [7, 11) is 0. The molecule has 0 saturated carbocycles. The van der Waals surface area contributed by atoms with Crippen LogP contribution in [0.5, 0.6) is 0 Å². The summed E-state index contributed by atoms with van der Waals surface area (Å²) < 4.78 is 5.36. The van der Waals surface area contributed by atoms with Crippen LogP contribution >= 0.6 is 0 Å². The Morgan fingerprint density at radius 1 is 1.19 bits per heavy atom. The van der Waals surface area contributed by atoms with E-state index in [9.17, 15) is 4.79 Å². The van der Waals surface area contributed by atoms with E-state index in [0.717, 1.165) is 23.4 Å². The first-order chi connectivity index (χ1) is 10.1. The van der Waals surface area contributed by atoms with Gasteiger partial charge in [0, 0.05) is 5.70 Å². The highest BCUT2D eigenvalue weighted by molar-refractivity contribution is 5.95. The highest BCUT2D eigenvalue weighted by atomic mass is 16.3. The maximum absolute atomic E-state index is 12.1. The van der Waals surface area contributed by atoms with E-state index in [0.29, 0.717) is 11.3 Å². The molecule has 0 aliphatic carbocycles. The first-order valence-corrected chi connectivity index (χ1v) is 6.99. The summed E-state index contributed by atoms with van der Waals surface area (Å²) in [6, 6.07) is 11.7. The van der Waals surface area contributed by atoms with Gasteiger partial charge in [0.1, 0.15) is 11.5 Å². The van der Waals surface area contributed by atoms with Crippen molar-refractivity contribution in [2.75, 3.05) is 0 Å². The maximum atomic E-state index is 12.1. The molecule has 2 aromatic rings. The third kappa shape index (κ3) is 3.99. The zero-order valence-corrected chi connectivity index (χ0v) is 12.6. The van der Waals surface area contributed by atoms with E-state index in [1.54, 1.807) is 13.0 Å². The fraction of sp³-hybridized carbons (Fsp3) is 0.235. The summed E-state index contributed by atoms with van der Waals surface area (Å²) in [5, 5.41) is 0. The lowest BCUT2D eigenvalue weighted by Gasteiger charge is -2.10. The number of nitrogens with one attached hydrogen (secondary N) is 2. The molecule has 0 fully saturated rings. The summed E-state index contributed by atoms with van der Waals surface area (Å²) in [5.41, 5.74) is 8.26. The van der Waals surface area contributed by atoms with Gasteiger partial charge < -0.3 is 9.84 Å². The minimum Gasteiger partial charge on any atom is -0.466 e. The number of hydrogen-bond donors (Lipinski definition) is 2. The SMILES string of the molecule is CC/C(=C\c1ccccc1)NNC(=O)c1cc(C)oc1C. The van der Waals surface area contributed by atoms with Crippen LogP contribution in [0.25, 0.3) is 6.08 Å². The molecule has 1 amide bonds. The van der Waals surface area contributed by atoms with Gasteiger partial charge in [-0.2, -0.15) is 0 Å². The van der Waals surface area contributed by atoms with Gasteiger partial charge in [0.2, 0.25) is 0 Å². The Hall–Kier alpha value is -2.49. The lowest BCUT2D eigenvalue weighted by atomic mass is 10.2. The van der Waals surface area contributed by atoms with E-state index in [1.807, 2.05) is 50.3 Å². The van der Waals surface area contributed by atoms with Gasteiger partial charge in [-0.15, -0.1) is 0 Å². The smallest absolute Gasteiger partial charge is 0.273 e. The Labute approximate surface area is 124 Å². The molecular weight excluding hydrogens is 264 g/mol. The number of hydrazine groups is 1. The Morgan fingerprint density at radius 3 is 2.48 bits per heavy atom. The lowest BCUT2D eigenvalue weighted by molar-refractivity contribution is 0.0937. The molecule has 0 radical (unpaired) electrons. The average Bonchev–Trinajstić information content (AvgIpc) is 2.83. The highest BCUT2D eigenvalue weighted by Gasteiger charge is 2.13. The monoisotopic (exact) mass is 284 g/mol. The van der Waals surface area contributed by atoms with Crippen molar-refractivity contribution in [3.63, 3.8) is 0 Å². The van der Waals surface area contributed by atoms with Crippen molar-refractivity contribution in [3.8, 4) is 0 Å². The van der Waals surface area contributed by atoms with Crippen molar-refractivity contribution in [2.45, 2.75) is 27.2 Å². The van der Waals surface area contributed by atoms with Gasteiger partial charge in [0.25, 0.3) is 5.91 Å². The van der Waals surface area contributed by atoms with Crippen LogP contribution in [0.1, 0.15) is 40.8 Å². The fourth-order valence-corrected chi connectivity index (χ4v) is 2.04. The Kier molecular flexibility index (Phi) is 4.82. The number of benzene rings is 1. The predicted molar refractivity (Wildman–Crippen MR) is 83.5 cm³/mol. The number of hydrogen-bond acceptors (Lipinski definition) is 3. The van der Waals surface area contributed by atoms with Crippen LogP contribution in [0.15, 0.2) is 46.5 Å². The third-order valence-electron chi connectivity index (χ3n) is 3.14. The van der Waals surface area contributed by atoms with Crippen LogP contribution in [0.4, 0.5) is 0 Å². The van der Waals surface area contributed by atoms with Crippen LogP contribution in [0.3, 0.4) is 0 Å². The van der Waals surface area contributed by atoms with Crippen LogP contribution in [0, 0.1) is 13.8 Å². The van der Waals surface area contributed by atoms with E-state index in [4.69, 9.17) is 4.42 Å². The summed E-state index contributed by atoms with van der Waals surface area (Å²) in [5.74, 6) is 1.15. The molecule has 0 aliphatic heterocycles. The van der Waals surface area contributed by atoms with Crippen molar-refractivity contribution in [1.29, 1.82) is 0 Å². The first kappa shape index (κ1) is 14.9. The normalized spacial score (nSPS) is 11.3. The molecule has 0 unspecified atom stereocenters. The highest BCUT2D eigenvalue weighted by Crippen LogP contribution is 2.13. The Bertz CT molecular complexity index is 642. The second-order valence-electron chi connectivity index (χ2n) is 4.84. The van der Waals surface area contributed by atoms with E-state index < -0.39 is 0 Å². The van der Waals surface area contributed by atoms with Crippen molar-refractivity contribution >= 4 is 12.0 Å². The third-order valence-corrected chi connectivity index (χ3v) is 3.14. The van der Waals surface area contributed by atoms with Crippen LogP contribution in [0.2, 0.25) is 0 Å². The molecule has 21 heavy (non-hydrogen) atoms. The minimum atomic E-state index is -0.197. The molecule has 1 aromatic carbocycles. The summed E-state index contributed by atoms with van der Waals surface area (Å²) in [6.07, 6.45) is 2.80. The van der Waals surface area contributed by atoms with E-state index in [1.165, 1.54) is 0 Å². The second-order valence-corrected chi connectivity index (χ2v) is 4.84. The van der Waals surface area contributed by atoms with Gasteiger partial charge >= 0.3 is 0 Å². The zero-order chi connectivity index (χ0) is 15.2. The molecule has 0 saturated heterocycles. The van der Waals surface area contributed by atoms with Crippen molar-refractivity contribution < 1.29 is 9.21 Å². The molecule has 4 heteroatoms. The number of allylic oxidation sites excluding steroid dienone is 1. The van der Waals surface area contributed by atoms with E-state index in [-0.39, 0.29) is 5.91 Å². The summed E-state index contributed by atoms with van der Waals surface area (Å²) >= 11 is 0. The van der Waals surface area contributed by atoms with Gasteiger partial charge in [0.15, 0.2) is 0 Å². The molecule has 110 valence electrons. The van der Waals surface area contributed by atoms with Gasteiger partial charge in [-0.3, -0.25) is 10.2 Å². The molecule has 4 nitrogen and oxygen atoms in total. The molecule has 0 bridgehead atoms. The Balaban J connectivity index is 2.02. The first-order valence-electron chi connectivity index (χ1n) is 6.99. The lowest BCUT2D eigenvalue weighted by Crippen LogP contribution is -2.36. The molecular formula is C17H20N2O2.